The summed E-state index contributed by atoms with van der Waals surface area (Å²) in [5, 5.41) is 42.4. The van der Waals surface area contributed by atoms with Crippen LogP contribution in [0.5, 0.6) is 0 Å². The number of aliphatic hydroxyl groups is 3. The van der Waals surface area contributed by atoms with Gasteiger partial charge in [-0.25, -0.2) is 0 Å². The molecule has 31 heteroatoms. The van der Waals surface area contributed by atoms with Crippen LogP contribution in [-0.2, 0) is 57.5 Å². The van der Waals surface area contributed by atoms with Crippen LogP contribution in [0.1, 0.15) is 180 Å². The Morgan fingerprint density at radius 1 is 0.545 bits per heavy atom. The standard InChI is InChI=1S/C81H134ClF3N12O15/c1-24-25-33-55(10)38-43-91(18)77(109)66(48-56(11)34-27-28-39-82)95(22)74(106)59(35-31-36-67(100)81(83,84)85)87-71(103)62(44-51(2)3)92(19)68(101)37-32-40-90(17)69(102)49-60(76(108)97-41-29-26-30-42-97)88-72(104)63(45-52(4)5)94(21)78(110)65(47-54(8)9)96(23)79(111)70(57(12)98)89-73(105)64(46-53(6)7)93(20)75(107)61(86-58(13)99)50-112-80(14,15)16/h24-25,27-28,33-34,38-39,43,51-54,57-67,70,86,98-100H,1,10-11,26,29-32,35-37,40-42,44-50H2,2-9,12-23H3,(H,87,103)(H,88,104)(H,89,105)/b33-25-,34-27-,39-28+,43-38-/t57?,58?,59-,60?,61-,62-,63-,64-,65-,66-,67?,70?/m0/s1. The molecule has 1 heterocycles. The number of halogens is 4. The van der Waals surface area contributed by atoms with Crippen LogP contribution >= 0.6 is 11.6 Å². The first-order valence-electron chi connectivity index (χ1n) is 38.8. The summed E-state index contributed by atoms with van der Waals surface area (Å²) in [6.45, 7) is 34.7. The van der Waals surface area contributed by atoms with Gasteiger partial charge < -0.3 is 75.2 Å². The predicted molar refractivity (Wildman–Crippen MR) is 429 cm³/mol. The first-order valence-corrected chi connectivity index (χ1v) is 39.2. The molecule has 1 aliphatic heterocycles. The highest BCUT2D eigenvalue weighted by Gasteiger charge is 2.44. The minimum atomic E-state index is -4.99. The number of alkyl halides is 3. The lowest BCUT2D eigenvalue weighted by Gasteiger charge is -2.38. The van der Waals surface area contributed by atoms with E-state index < -0.39 is 175 Å². The highest BCUT2D eigenvalue weighted by molar-refractivity contribution is 6.25. The number of carbonyl (C=O) groups is 11. The van der Waals surface area contributed by atoms with E-state index in [2.05, 4.69) is 41.0 Å². The molecule has 1 rings (SSSR count). The zero-order chi connectivity index (χ0) is 86.0. The van der Waals surface area contributed by atoms with Crippen LogP contribution in [0.3, 0.4) is 0 Å². The first-order chi connectivity index (χ1) is 51.9. The number of amides is 11. The van der Waals surface area contributed by atoms with Crippen LogP contribution in [0, 0.1) is 23.7 Å². The number of carbonyl (C=O) groups excluding carboxylic acids is 11. The molecule has 0 aliphatic carbocycles. The lowest BCUT2D eigenvalue weighted by atomic mass is 9.96. The van der Waals surface area contributed by atoms with E-state index in [0.29, 0.717) is 37.1 Å². The monoisotopic (exact) mass is 1610 g/mol. The number of aliphatic hydroxyl groups excluding tert-OH is 3. The number of rotatable bonds is 48. The van der Waals surface area contributed by atoms with Gasteiger partial charge in [-0.1, -0.05) is 129 Å². The molecular formula is C81H134ClF3N12O15. The fourth-order valence-electron chi connectivity index (χ4n) is 12.5. The summed E-state index contributed by atoms with van der Waals surface area (Å²) in [5.41, 5.74) is 1.44. The van der Waals surface area contributed by atoms with E-state index in [-0.39, 0.29) is 81.8 Å². The van der Waals surface area contributed by atoms with Gasteiger partial charge in [-0.2, -0.15) is 13.2 Å². The molecule has 11 amide bonds. The number of allylic oxidation sites excluding steroid dienone is 8. The van der Waals surface area contributed by atoms with Crippen LogP contribution in [0.15, 0.2) is 85.2 Å². The third kappa shape index (κ3) is 36.2. The van der Waals surface area contributed by atoms with Crippen molar-refractivity contribution in [2.24, 2.45) is 23.7 Å². The SMILES string of the molecule is C=C/C=C\C(=C)/C=C\N(C)C(=O)[C@H](CC(=C)/C=C\C=C\Cl)N(C)C(=O)[C@H](CCCC(O)C(F)(F)F)NC(=O)[C@H](CC(C)C)N(C)C(=O)CCCN(C)C(=O)CC(NC(=O)[C@H](CC(C)C)N(C)C(=O)[C@H](CC(C)C)N(C)C(=O)C(NC(=O)[C@H](CC(C)C)N(C)C(=O)[C@H](COC(C)(C)C)NC(C)O)C(C)O)C(=O)N1CCCCC1. The maximum Gasteiger partial charge on any atom is 0.414 e. The van der Waals surface area contributed by atoms with Crippen molar-refractivity contribution in [1.82, 2.24) is 60.5 Å². The summed E-state index contributed by atoms with van der Waals surface area (Å²) < 4.78 is 46.7. The average molecular weight is 1610 g/mol. The first kappa shape index (κ1) is 102. The number of hydrogen-bond acceptors (Lipinski definition) is 16. The summed E-state index contributed by atoms with van der Waals surface area (Å²) >= 11 is 5.71. The highest BCUT2D eigenvalue weighted by atomic mass is 35.5. The van der Waals surface area contributed by atoms with Crippen LogP contribution in [0.4, 0.5) is 13.2 Å². The molecular weight excluding hydrogens is 1470 g/mol. The third-order valence-corrected chi connectivity index (χ3v) is 19.2. The maximum atomic E-state index is 15.2. The normalized spacial score (nSPS) is 16.2. The minimum Gasteiger partial charge on any atom is -0.391 e. The van der Waals surface area contributed by atoms with Crippen molar-refractivity contribution in [3.63, 3.8) is 0 Å². The summed E-state index contributed by atoms with van der Waals surface area (Å²) in [5.74, 6) is -8.66. The van der Waals surface area contributed by atoms with Gasteiger partial charge in [0.05, 0.1) is 24.7 Å². The molecule has 1 saturated heterocycles. The molecule has 636 valence electrons. The van der Waals surface area contributed by atoms with Gasteiger partial charge in [0.15, 0.2) is 0 Å². The number of nitrogens with zero attached hydrogens (tertiary/aromatic N) is 8. The molecule has 12 atom stereocenters. The van der Waals surface area contributed by atoms with E-state index >= 15 is 4.79 Å². The van der Waals surface area contributed by atoms with Gasteiger partial charge >= 0.3 is 6.18 Å². The van der Waals surface area contributed by atoms with Gasteiger partial charge in [-0.15, -0.1) is 0 Å². The summed E-state index contributed by atoms with van der Waals surface area (Å²) in [6.07, 6.45) is 1.77. The molecule has 0 radical (unpaired) electrons. The van der Waals surface area contributed by atoms with Crippen LogP contribution in [-0.4, -0.2) is 280 Å². The van der Waals surface area contributed by atoms with Gasteiger partial charge in [0, 0.05) is 93.5 Å². The van der Waals surface area contributed by atoms with Gasteiger partial charge in [-0.05, 0) is 141 Å². The Morgan fingerprint density at radius 3 is 1.52 bits per heavy atom. The van der Waals surface area contributed by atoms with Crippen molar-refractivity contribution in [3.05, 3.63) is 85.2 Å². The van der Waals surface area contributed by atoms with Gasteiger partial charge in [-0.3, -0.25) is 58.1 Å². The van der Waals surface area contributed by atoms with Crippen molar-refractivity contribution in [2.75, 3.05) is 75.6 Å². The van der Waals surface area contributed by atoms with Crippen LogP contribution in [0.2, 0.25) is 0 Å². The fraction of sp³-hybridized carbons (Fsp3) is 0.691. The molecule has 0 spiro atoms. The highest BCUT2D eigenvalue weighted by Crippen LogP contribution is 2.27. The topological polar surface area (TPSA) is 332 Å². The second-order valence-electron chi connectivity index (χ2n) is 32.0. The largest absolute Gasteiger partial charge is 0.414 e. The average Bonchev–Trinajstić information content (AvgIpc) is 0.821. The number of nitrogens with one attached hydrogen (secondary N) is 4. The lowest BCUT2D eigenvalue weighted by molar-refractivity contribution is -0.205. The molecule has 0 bridgehead atoms. The summed E-state index contributed by atoms with van der Waals surface area (Å²) in [7, 11) is 9.72. The number of likely N-dealkylation sites (N-methyl/N-ethyl adjacent to an activating group) is 6. The molecule has 1 fully saturated rings. The number of ether oxygens (including phenoxy) is 1. The fourth-order valence-corrected chi connectivity index (χ4v) is 12.6. The van der Waals surface area contributed by atoms with Gasteiger partial charge in [0.1, 0.15) is 66.7 Å². The van der Waals surface area contributed by atoms with Crippen molar-refractivity contribution in [2.45, 2.75) is 264 Å². The Kier molecular flexibility index (Phi) is 45.4. The van der Waals surface area contributed by atoms with E-state index in [0.717, 1.165) is 16.2 Å². The van der Waals surface area contributed by atoms with Crippen molar-refractivity contribution < 1.29 is 86.0 Å². The molecule has 1 aliphatic rings. The molecule has 7 N–H and O–H groups in total. The Hall–Kier alpha value is -7.77. The minimum absolute atomic E-state index is 0.0184. The van der Waals surface area contributed by atoms with E-state index in [1.54, 1.807) is 63.8 Å². The van der Waals surface area contributed by atoms with E-state index in [9.17, 15) is 76.4 Å². The van der Waals surface area contributed by atoms with Crippen LogP contribution < -0.4 is 21.3 Å². The predicted octanol–water partition coefficient (Wildman–Crippen LogP) is 7.51. The Morgan fingerprint density at radius 2 is 1.03 bits per heavy atom. The molecule has 0 aromatic carbocycles. The quantitative estimate of drug-likeness (QED) is 0.0229. The Bertz CT molecular complexity index is 3240. The lowest BCUT2D eigenvalue weighted by Crippen LogP contribution is -2.62. The molecule has 0 aromatic rings. The smallest absolute Gasteiger partial charge is 0.391 e. The molecule has 0 saturated carbocycles. The number of hydrogen-bond donors (Lipinski definition) is 7. The molecule has 0 aromatic heterocycles. The third-order valence-electron chi connectivity index (χ3n) is 19.1. The van der Waals surface area contributed by atoms with Crippen molar-refractivity contribution in [3.8, 4) is 0 Å². The van der Waals surface area contributed by atoms with E-state index in [1.165, 1.54) is 118 Å². The molecule has 112 heavy (non-hydrogen) atoms. The second kappa shape index (κ2) is 49.8. The molecule has 27 nitrogen and oxygen atoms in total. The summed E-state index contributed by atoms with van der Waals surface area (Å²) in [4.78, 5) is 170. The zero-order valence-corrected chi connectivity index (χ0v) is 70.9. The zero-order valence-electron chi connectivity index (χ0n) is 70.1. The van der Waals surface area contributed by atoms with Crippen LogP contribution in [0.25, 0.3) is 0 Å². The Labute approximate surface area is 668 Å². The maximum absolute atomic E-state index is 15.2. The number of piperidine rings is 1. The van der Waals surface area contributed by atoms with Crippen molar-refractivity contribution in [1.29, 1.82) is 0 Å². The van der Waals surface area contributed by atoms with E-state index in [1.807, 2.05) is 41.5 Å². The number of likely N-dealkylation sites (tertiary alicyclic amines) is 1. The molecule has 5 unspecified atom stereocenters. The Balaban J connectivity index is 3.72. The van der Waals surface area contributed by atoms with Crippen molar-refractivity contribution >= 4 is 76.6 Å². The second-order valence-corrected chi connectivity index (χ2v) is 32.3. The van der Waals surface area contributed by atoms with Gasteiger partial charge in [0.25, 0.3) is 0 Å². The van der Waals surface area contributed by atoms with E-state index in [4.69, 9.17) is 16.3 Å². The summed E-state index contributed by atoms with van der Waals surface area (Å²) in [6, 6.07) is -12.1. The van der Waals surface area contributed by atoms with Gasteiger partial charge in [0.2, 0.25) is 65.0 Å².